The Kier molecular flexibility index (Phi) is 4.65. The fourth-order valence-corrected chi connectivity index (χ4v) is 1.43. The number of nitrogens with two attached hydrogens (primary N) is 1. The highest BCUT2D eigenvalue weighted by Gasteiger charge is 2.14. The summed E-state index contributed by atoms with van der Waals surface area (Å²) in [7, 11) is 1.33. The van der Waals surface area contributed by atoms with Gasteiger partial charge in [0.05, 0.1) is 7.11 Å². The average Bonchev–Trinajstić information content (AvgIpc) is 2.34. The van der Waals surface area contributed by atoms with Crippen LogP contribution in [0.4, 0.5) is 11.6 Å². The lowest BCUT2D eigenvalue weighted by Crippen LogP contribution is -2.19. The van der Waals surface area contributed by atoms with Gasteiger partial charge in [-0.05, 0) is 5.92 Å². The minimum atomic E-state index is -0.361. The Labute approximate surface area is 99.7 Å². The molecule has 0 amide bonds. The van der Waals surface area contributed by atoms with Crippen molar-refractivity contribution in [3.63, 3.8) is 0 Å². The Morgan fingerprint density at radius 2 is 2.12 bits per heavy atom. The highest BCUT2D eigenvalue weighted by atomic mass is 16.5. The number of ether oxygens (including phenoxy) is 1. The van der Waals surface area contributed by atoms with Crippen molar-refractivity contribution in [1.29, 1.82) is 0 Å². The van der Waals surface area contributed by atoms with Crippen LogP contribution >= 0.6 is 0 Å². The van der Waals surface area contributed by atoms with Gasteiger partial charge in [-0.2, -0.15) is 0 Å². The molecule has 1 rings (SSSR count). The zero-order chi connectivity index (χ0) is 12.8. The maximum absolute atomic E-state index is 11.1. The second kappa shape index (κ2) is 6.00. The lowest BCUT2D eigenvalue weighted by Gasteiger charge is -2.15. The molecule has 0 aliphatic heterocycles. The largest absolute Gasteiger partial charge is 0.468 e. The van der Waals surface area contributed by atoms with Crippen molar-refractivity contribution in [1.82, 2.24) is 9.97 Å². The van der Waals surface area contributed by atoms with Gasteiger partial charge in [0.2, 0.25) is 0 Å². The summed E-state index contributed by atoms with van der Waals surface area (Å²) in [4.78, 5) is 19.2. The van der Waals surface area contributed by atoms with Crippen molar-refractivity contribution in [2.75, 3.05) is 24.4 Å². The third kappa shape index (κ3) is 3.28. The maximum Gasteiger partial charge on any atom is 0.325 e. The molecule has 0 aliphatic rings. The Hall–Kier alpha value is -1.89. The predicted molar refractivity (Wildman–Crippen MR) is 64.4 cm³/mol. The number of hydrogen-bond acceptors (Lipinski definition) is 7. The van der Waals surface area contributed by atoms with Crippen molar-refractivity contribution in [3.05, 3.63) is 11.9 Å². The van der Waals surface area contributed by atoms with E-state index in [0.717, 1.165) is 5.56 Å². The van der Waals surface area contributed by atoms with Gasteiger partial charge in [0.1, 0.15) is 24.5 Å². The number of aromatic nitrogens is 2. The van der Waals surface area contributed by atoms with Crippen LogP contribution in [0.5, 0.6) is 0 Å². The first-order chi connectivity index (χ1) is 8.10. The quantitative estimate of drug-likeness (QED) is 0.390. The van der Waals surface area contributed by atoms with Crippen molar-refractivity contribution in [2.24, 2.45) is 5.84 Å². The number of anilines is 2. The van der Waals surface area contributed by atoms with E-state index < -0.39 is 0 Å². The maximum atomic E-state index is 11.1. The molecule has 7 nitrogen and oxygen atoms in total. The molecule has 0 spiro atoms. The molecule has 1 aromatic rings. The van der Waals surface area contributed by atoms with Gasteiger partial charge in [-0.15, -0.1) is 0 Å². The van der Waals surface area contributed by atoms with Gasteiger partial charge >= 0.3 is 5.97 Å². The number of carbonyl (C=O) groups excluding carboxylic acids is 1. The monoisotopic (exact) mass is 239 g/mol. The van der Waals surface area contributed by atoms with Crippen LogP contribution in [0.3, 0.4) is 0 Å². The number of hydrogen-bond donors (Lipinski definition) is 3. The van der Waals surface area contributed by atoms with E-state index in [-0.39, 0.29) is 18.4 Å². The molecular formula is C10H17N5O2. The second-order valence-corrected chi connectivity index (χ2v) is 3.71. The molecule has 4 N–H and O–H groups in total. The van der Waals surface area contributed by atoms with Gasteiger partial charge in [-0.3, -0.25) is 4.79 Å². The van der Waals surface area contributed by atoms with Crippen LogP contribution in [0.1, 0.15) is 25.3 Å². The van der Waals surface area contributed by atoms with Crippen molar-refractivity contribution >= 4 is 17.6 Å². The molecule has 7 heteroatoms. The molecule has 0 aliphatic carbocycles. The molecule has 0 fully saturated rings. The second-order valence-electron chi connectivity index (χ2n) is 3.71. The van der Waals surface area contributed by atoms with E-state index >= 15 is 0 Å². The van der Waals surface area contributed by atoms with Crippen molar-refractivity contribution in [3.8, 4) is 0 Å². The zero-order valence-electron chi connectivity index (χ0n) is 10.2. The molecule has 0 radical (unpaired) electrons. The molecule has 0 unspecified atom stereocenters. The Bertz CT molecular complexity index is 394. The van der Waals surface area contributed by atoms with Gasteiger partial charge in [-0.1, -0.05) is 13.8 Å². The SMILES string of the molecule is COC(=O)CNc1ncnc(NN)c1C(C)C. The summed E-state index contributed by atoms with van der Waals surface area (Å²) >= 11 is 0. The van der Waals surface area contributed by atoms with Gasteiger partial charge in [0.15, 0.2) is 0 Å². The van der Waals surface area contributed by atoms with Gasteiger partial charge in [-0.25, -0.2) is 15.8 Å². The molecule has 0 bridgehead atoms. The lowest BCUT2D eigenvalue weighted by molar-refractivity contribution is -0.138. The van der Waals surface area contributed by atoms with Crippen LogP contribution in [-0.4, -0.2) is 29.6 Å². The standard InChI is InChI=1S/C10H17N5O2/c1-6(2)8-9(12-4-7(16)17-3)13-5-14-10(8)15-11/h5-6H,4,11H2,1-3H3,(H2,12,13,14,15). The summed E-state index contributed by atoms with van der Waals surface area (Å²) < 4.78 is 4.54. The predicted octanol–water partition coefficient (Wildman–Crippen LogP) is 0.470. The summed E-state index contributed by atoms with van der Waals surface area (Å²) in [5.41, 5.74) is 3.34. The molecule has 0 saturated heterocycles. The molecular weight excluding hydrogens is 222 g/mol. The van der Waals surface area contributed by atoms with Crippen molar-refractivity contribution in [2.45, 2.75) is 19.8 Å². The average molecular weight is 239 g/mol. The number of nitrogens with zero attached hydrogens (tertiary/aromatic N) is 2. The van der Waals surface area contributed by atoms with Crippen LogP contribution < -0.4 is 16.6 Å². The van der Waals surface area contributed by atoms with Crippen LogP contribution in [0.2, 0.25) is 0 Å². The van der Waals surface area contributed by atoms with E-state index in [1.54, 1.807) is 0 Å². The van der Waals surface area contributed by atoms with E-state index in [1.165, 1.54) is 13.4 Å². The number of hydrazine groups is 1. The highest BCUT2D eigenvalue weighted by molar-refractivity contribution is 5.75. The van der Waals surface area contributed by atoms with Crippen molar-refractivity contribution < 1.29 is 9.53 Å². The Morgan fingerprint density at radius 1 is 1.47 bits per heavy atom. The van der Waals surface area contributed by atoms with Crippen LogP contribution in [0, 0.1) is 0 Å². The normalized spacial score (nSPS) is 10.2. The highest BCUT2D eigenvalue weighted by Crippen LogP contribution is 2.27. The van der Waals surface area contributed by atoms with Gasteiger partial charge < -0.3 is 15.5 Å². The smallest absolute Gasteiger partial charge is 0.325 e. The van der Waals surface area contributed by atoms with Crippen LogP contribution in [-0.2, 0) is 9.53 Å². The summed E-state index contributed by atoms with van der Waals surface area (Å²) in [6, 6.07) is 0. The van der Waals surface area contributed by atoms with Crippen LogP contribution in [0.15, 0.2) is 6.33 Å². The molecule has 0 aromatic carbocycles. The molecule has 1 aromatic heterocycles. The molecule has 0 saturated carbocycles. The summed E-state index contributed by atoms with van der Waals surface area (Å²) in [5.74, 6) is 6.31. The van der Waals surface area contributed by atoms with E-state index in [0.29, 0.717) is 11.6 Å². The molecule has 1 heterocycles. The van der Waals surface area contributed by atoms with E-state index in [1.807, 2.05) is 13.8 Å². The minimum absolute atomic E-state index is 0.0528. The third-order valence-corrected chi connectivity index (χ3v) is 2.23. The molecule has 94 valence electrons. The summed E-state index contributed by atoms with van der Waals surface area (Å²) in [5, 5.41) is 2.90. The minimum Gasteiger partial charge on any atom is -0.468 e. The van der Waals surface area contributed by atoms with E-state index in [2.05, 4.69) is 25.4 Å². The Morgan fingerprint density at radius 3 is 2.65 bits per heavy atom. The molecule has 0 atom stereocenters. The van der Waals surface area contributed by atoms with Crippen LogP contribution in [0.25, 0.3) is 0 Å². The van der Waals surface area contributed by atoms with E-state index in [4.69, 9.17) is 5.84 Å². The fourth-order valence-electron chi connectivity index (χ4n) is 1.43. The number of nitrogen functional groups attached to an aromatic ring is 1. The third-order valence-electron chi connectivity index (χ3n) is 2.23. The summed E-state index contributed by atoms with van der Waals surface area (Å²) in [6.07, 6.45) is 1.38. The zero-order valence-corrected chi connectivity index (χ0v) is 10.2. The number of rotatable bonds is 5. The first kappa shape index (κ1) is 13.2. The molecule has 17 heavy (non-hydrogen) atoms. The number of carbonyl (C=O) groups is 1. The van der Waals surface area contributed by atoms with E-state index in [9.17, 15) is 4.79 Å². The number of nitrogens with one attached hydrogen (secondary N) is 2. The Balaban J connectivity index is 2.94. The van der Waals surface area contributed by atoms with Gasteiger partial charge in [0, 0.05) is 5.56 Å². The summed E-state index contributed by atoms with van der Waals surface area (Å²) in [6.45, 7) is 4.03. The number of methoxy groups -OCH3 is 1. The first-order valence-electron chi connectivity index (χ1n) is 5.22. The fraction of sp³-hybridized carbons (Fsp3) is 0.500. The lowest BCUT2D eigenvalue weighted by atomic mass is 10.0. The first-order valence-corrected chi connectivity index (χ1v) is 5.22. The number of esters is 1. The van der Waals surface area contributed by atoms with Gasteiger partial charge in [0.25, 0.3) is 0 Å². The topological polar surface area (TPSA) is 102 Å².